The molecule has 0 spiro atoms. The summed E-state index contributed by atoms with van der Waals surface area (Å²) in [6.07, 6.45) is 1.76. The number of fused-ring (bicyclic) bond motifs is 1. The van der Waals surface area contributed by atoms with E-state index in [0.717, 1.165) is 46.1 Å². The molecule has 5 aromatic rings. The van der Waals surface area contributed by atoms with Gasteiger partial charge in [0.25, 0.3) is 0 Å². The van der Waals surface area contributed by atoms with Crippen molar-refractivity contribution in [3.05, 3.63) is 119 Å². The van der Waals surface area contributed by atoms with E-state index in [4.69, 9.17) is 10.7 Å². The van der Waals surface area contributed by atoms with Gasteiger partial charge < -0.3 is 5.73 Å². The Morgan fingerprint density at radius 2 is 1.40 bits per heavy atom. The van der Waals surface area contributed by atoms with Gasteiger partial charge in [-0.05, 0) is 53.8 Å². The zero-order valence-electron chi connectivity index (χ0n) is 20.1. The van der Waals surface area contributed by atoms with Crippen LogP contribution in [0, 0.1) is 0 Å². The highest BCUT2D eigenvalue weighted by Crippen LogP contribution is 2.41. The number of hydrogen-bond donors (Lipinski definition) is 1. The lowest BCUT2D eigenvalue weighted by atomic mass is 9.86. The van der Waals surface area contributed by atoms with Crippen molar-refractivity contribution >= 4 is 22.4 Å². The molecule has 0 amide bonds. The van der Waals surface area contributed by atoms with Crippen molar-refractivity contribution in [1.29, 1.82) is 0 Å². The average molecular weight is 457 g/mol. The number of anilines is 1. The third-order valence-electron chi connectivity index (χ3n) is 6.56. The number of aromatic nitrogens is 1. The van der Waals surface area contributed by atoms with Crippen LogP contribution in [0.5, 0.6) is 0 Å². The van der Waals surface area contributed by atoms with Gasteiger partial charge in [0, 0.05) is 33.3 Å². The highest BCUT2D eigenvalue weighted by atomic mass is 16.1. The van der Waals surface area contributed by atoms with Gasteiger partial charge in [-0.15, -0.1) is 0 Å². The Morgan fingerprint density at radius 3 is 2.09 bits per heavy atom. The van der Waals surface area contributed by atoms with Crippen molar-refractivity contribution in [1.82, 2.24) is 4.98 Å². The number of nitrogens with two attached hydrogens (primary N) is 1. The number of nitrogens with zero attached hydrogens (tertiary/aromatic N) is 1. The summed E-state index contributed by atoms with van der Waals surface area (Å²) in [5.41, 5.74) is 15.0. The number of carbonyl (C=O) groups excluding carboxylic acids is 1. The molecule has 0 aliphatic rings. The van der Waals surface area contributed by atoms with E-state index >= 15 is 0 Å². The Kier molecular flexibility index (Phi) is 6.15. The molecule has 0 unspecified atom stereocenters. The van der Waals surface area contributed by atoms with Crippen LogP contribution in [0.15, 0.2) is 97.1 Å². The molecule has 172 valence electrons. The lowest BCUT2D eigenvalue weighted by molar-refractivity contribution is 0.104. The van der Waals surface area contributed by atoms with Crippen LogP contribution in [-0.2, 0) is 12.8 Å². The summed E-state index contributed by atoms with van der Waals surface area (Å²) in [5.74, 6) is -0.0171. The van der Waals surface area contributed by atoms with E-state index in [9.17, 15) is 4.79 Å². The zero-order valence-corrected chi connectivity index (χ0v) is 20.1. The van der Waals surface area contributed by atoms with Gasteiger partial charge in [-0.1, -0.05) is 86.6 Å². The minimum Gasteiger partial charge on any atom is -0.398 e. The molecule has 0 saturated heterocycles. The van der Waals surface area contributed by atoms with Crippen LogP contribution < -0.4 is 5.73 Å². The molecule has 0 radical (unpaired) electrons. The summed E-state index contributed by atoms with van der Waals surface area (Å²) >= 11 is 0. The highest BCUT2D eigenvalue weighted by Gasteiger charge is 2.25. The maximum absolute atomic E-state index is 14.2. The van der Waals surface area contributed by atoms with E-state index in [2.05, 4.69) is 32.0 Å². The lowest BCUT2D eigenvalue weighted by Gasteiger charge is -2.19. The molecule has 0 aliphatic heterocycles. The number of carbonyl (C=O) groups is 1. The van der Waals surface area contributed by atoms with E-state index in [1.807, 2.05) is 78.9 Å². The fraction of sp³-hybridized carbons (Fsp3) is 0.125. The summed E-state index contributed by atoms with van der Waals surface area (Å²) in [6.45, 7) is 4.24. The van der Waals surface area contributed by atoms with Crippen molar-refractivity contribution in [2.45, 2.75) is 26.7 Å². The van der Waals surface area contributed by atoms with Gasteiger partial charge in [0.05, 0.1) is 11.2 Å². The molecule has 0 aliphatic carbocycles. The maximum atomic E-state index is 14.2. The Bertz CT molecular complexity index is 1520. The standard InChI is InChI=1S/C32H28N2O/c1-3-21-15-17-27(33)25(19-21)31-29(23-11-7-5-8-12-23)30(32(35)24-13-9-6-10-14-24)26-20-22(4-2)16-18-28(26)34-31/h5-20H,3-4,33H2,1-2H3. The smallest absolute Gasteiger partial charge is 0.194 e. The average Bonchev–Trinajstić information content (AvgIpc) is 2.92. The van der Waals surface area contributed by atoms with Crippen molar-refractivity contribution < 1.29 is 4.79 Å². The molecule has 0 fully saturated rings. The minimum absolute atomic E-state index is 0.0171. The maximum Gasteiger partial charge on any atom is 0.194 e. The molecule has 0 saturated carbocycles. The molecular weight excluding hydrogens is 428 g/mol. The number of pyridine rings is 1. The Balaban J connectivity index is 1.95. The summed E-state index contributed by atoms with van der Waals surface area (Å²) in [5, 5.41) is 0.867. The lowest BCUT2D eigenvalue weighted by Crippen LogP contribution is -2.08. The van der Waals surface area contributed by atoms with Crippen LogP contribution in [0.1, 0.15) is 40.9 Å². The van der Waals surface area contributed by atoms with Crippen molar-refractivity contribution in [2.75, 3.05) is 5.73 Å². The number of benzene rings is 4. The van der Waals surface area contributed by atoms with Gasteiger partial charge in [0.1, 0.15) is 0 Å². The molecule has 4 aromatic carbocycles. The first-order chi connectivity index (χ1) is 17.1. The van der Waals surface area contributed by atoms with E-state index in [-0.39, 0.29) is 5.78 Å². The SMILES string of the molecule is CCc1ccc(N)c(-c2nc3ccc(CC)cc3c(C(=O)c3ccccc3)c2-c2ccccc2)c1. The van der Waals surface area contributed by atoms with Crippen molar-refractivity contribution in [2.24, 2.45) is 0 Å². The Labute approximate surface area is 206 Å². The van der Waals surface area contributed by atoms with Crippen LogP contribution in [0.4, 0.5) is 5.69 Å². The van der Waals surface area contributed by atoms with Gasteiger partial charge in [-0.2, -0.15) is 0 Å². The molecule has 0 bridgehead atoms. The van der Waals surface area contributed by atoms with E-state index in [0.29, 0.717) is 16.8 Å². The fourth-order valence-corrected chi connectivity index (χ4v) is 4.61. The van der Waals surface area contributed by atoms with Gasteiger partial charge in [-0.25, -0.2) is 4.98 Å². The topological polar surface area (TPSA) is 56.0 Å². The van der Waals surface area contributed by atoms with Gasteiger partial charge in [0.15, 0.2) is 5.78 Å². The third-order valence-corrected chi connectivity index (χ3v) is 6.56. The molecular formula is C32H28N2O. The van der Waals surface area contributed by atoms with Gasteiger partial charge in [0.2, 0.25) is 0 Å². The second kappa shape index (κ2) is 9.55. The van der Waals surface area contributed by atoms with Crippen molar-refractivity contribution in [3.63, 3.8) is 0 Å². The first-order valence-electron chi connectivity index (χ1n) is 12.1. The predicted octanol–water partition coefficient (Wildman–Crippen LogP) is 7.51. The molecule has 1 heterocycles. The molecule has 5 rings (SSSR count). The van der Waals surface area contributed by atoms with Crippen LogP contribution in [-0.4, -0.2) is 10.8 Å². The summed E-state index contributed by atoms with van der Waals surface area (Å²) in [6, 6.07) is 31.8. The largest absolute Gasteiger partial charge is 0.398 e. The monoisotopic (exact) mass is 456 g/mol. The molecule has 1 aromatic heterocycles. The summed E-state index contributed by atoms with van der Waals surface area (Å²) in [7, 11) is 0. The summed E-state index contributed by atoms with van der Waals surface area (Å²) in [4.78, 5) is 19.3. The van der Waals surface area contributed by atoms with Crippen LogP contribution in [0.2, 0.25) is 0 Å². The molecule has 3 nitrogen and oxygen atoms in total. The normalized spacial score (nSPS) is 11.0. The Hall–Kier alpha value is -4.24. The third kappa shape index (κ3) is 4.22. The van der Waals surface area contributed by atoms with Crippen LogP contribution in [0.25, 0.3) is 33.3 Å². The number of nitrogen functional groups attached to an aromatic ring is 1. The molecule has 2 N–H and O–H groups in total. The molecule has 0 atom stereocenters. The first-order valence-corrected chi connectivity index (χ1v) is 12.1. The number of hydrogen-bond acceptors (Lipinski definition) is 3. The molecule has 35 heavy (non-hydrogen) atoms. The second-order valence-corrected chi connectivity index (χ2v) is 8.75. The minimum atomic E-state index is -0.0171. The second-order valence-electron chi connectivity index (χ2n) is 8.75. The van der Waals surface area contributed by atoms with E-state index in [1.165, 1.54) is 11.1 Å². The number of aryl methyl sites for hydroxylation is 2. The fourth-order valence-electron chi connectivity index (χ4n) is 4.61. The zero-order chi connectivity index (χ0) is 24.4. The van der Waals surface area contributed by atoms with Crippen LogP contribution in [0.3, 0.4) is 0 Å². The quantitative estimate of drug-likeness (QED) is 0.212. The van der Waals surface area contributed by atoms with E-state index in [1.54, 1.807) is 0 Å². The van der Waals surface area contributed by atoms with Gasteiger partial charge in [-0.3, -0.25) is 4.79 Å². The van der Waals surface area contributed by atoms with Crippen molar-refractivity contribution in [3.8, 4) is 22.4 Å². The number of ketones is 1. The predicted molar refractivity (Wildman–Crippen MR) is 146 cm³/mol. The Morgan fingerprint density at radius 1 is 0.771 bits per heavy atom. The number of rotatable bonds is 6. The summed E-state index contributed by atoms with van der Waals surface area (Å²) < 4.78 is 0. The van der Waals surface area contributed by atoms with Gasteiger partial charge >= 0.3 is 0 Å². The van der Waals surface area contributed by atoms with Crippen LogP contribution >= 0.6 is 0 Å². The molecule has 3 heteroatoms. The highest BCUT2D eigenvalue weighted by molar-refractivity contribution is 6.21. The first kappa shape index (κ1) is 22.5. The van der Waals surface area contributed by atoms with E-state index < -0.39 is 0 Å².